The summed E-state index contributed by atoms with van der Waals surface area (Å²) in [5, 5.41) is 16.8. The highest BCUT2D eigenvalue weighted by atomic mass is 16.2. The SMILES string of the molecule is O=Cc1cccc(-c2cn(CCCCO)nn2)c1. The number of carbonyl (C=O) groups is 1. The summed E-state index contributed by atoms with van der Waals surface area (Å²) in [6, 6.07) is 7.26. The van der Waals surface area contributed by atoms with Crippen LogP contribution in [0.1, 0.15) is 23.2 Å². The summed E-state index contributed by atoms with van der Waals surface area (Å²) < 4.78 is 1.75. The van der Waals surface area contributed by atoms with Crippen LogP contribution >= 0.6 is 0 Å². The van der Waals surface area contributed by atoms with Crippen LogP contribution in [0.25, 0.3) is 11.3 Å². The van der Waals surface area contributed by atoms with Gasteiger partial charge in [-0.05, 0) is 18.9 Å². The Labute approximate surface area is 105 Å². The monoisotopic (exact) mass is 245 g/mol. The molecule has 94 valence electrons. The van der Waals surface area contributed by atoms with E-state index in [2.05, 4.69) is 10.3 Å². The van der Waals surface area contributed by atoms with E-state index in [9.17, 15) is 4.79 Å². The molecule has 1 aromatic heterocycles. The number of nitrogens with zero attached hydrogens (tertiary/aromatic N) is 3. The maximum Gasteiger partial charge on any atom is 0.150 e. The van der Waals surface area contributed by atoms with Crippen LogP contribution in [0.3, 0.4) is 0 Å². The first-order valence-electron chi connectivity index (χ1n) is 5.90. The van der Waals surface area contributed by atoms with E-state index in [1.54, 1.807) is 16.8 Å². The zero-order valence-electron chi connectivity index (χ0n) is 9.99. The summed E-state index contributed by atoms with van der Waals surface area (Å²) in [7, 11) is 0. The number of hydrogen-bond acceptors (Lipinski definition) is 4. The molecule has 0 aliphatic rings. The number of unbranched alkanes of at least 4 members (excludes halogenated alkanes) is 1. The van der Waals surface area contributed by atoms with E-state index in [0.29, 0.717) is 5.56 Å². The number of hydrogen-bond donors (Lipinski definition) is 1. The van der Waals surface area contributed by atoms with Crippen molar-refractivity contribution in [2.75, 3.05) is 6.61 Å². The van der Waals surface area contributed by atoms with Gasteiger partial charge in [-0.2, -0.15) is 0 Å². The number of aryl methyl sites for hydroxylation is 1. The molecule has 0 aliphatic heterocycles. The molecule has 5 nitrogen and oxygen atoms in total. The second kappa shape index (κ2) is 6.07. The lowest BCUT2D eigenvalue weighted by Crippen LogP contribution is -1.99. The number of benzene rings is 1. The third-order valence-corrected chi connectivity index (χ3v) is 2.65. The fourth-order valence-electron chi connectivity index (χ4n) is 1.70. The Balaban J connectivity index is 2.10. The lowest BCUT2D eigenvalue weighted by atomic mass is 10.1. The van der Waals surface area contributed by atoms with Crippen LogP contribution in [0.4, 0.5) is 0 Å². The predicted molar refractivity (Wildman–Crippen MR) is 67.2 cm³/mol. The van der Waals surface area contributed by atoms with Gasteiger partial charge < -0.3 is 5.11 Å². The summed E-state index contributed by atoms with van der Waals surface area (Å²) in [4.78, 5) is 10.7. The van der Waals surface area contributed by atoms with Crippen LogP contribution in [0, 0.1) is 0 Å². The minimum atomic E-state index is 0.197. The average molecular weight is 245 g/mol. The molecule has 0 bridgehead atoms. The van der Waals surface area contributed by atoms with E-state index < -0.39 is 0 Å². The number of aliphatic hydroxyl groups is 1. The Bertz CT molecular complexity index is 522. The van der Waals surface area contributed by atoms with Crippen molar-refractivity contribution in [2.45, 2.75) is 19.4 Å². The molecule has 0 saturated carbocycles. The topological polar surface area (TPSA) is 68.0 Å². The Morgan fingerprint density at radius 1 is 1.33 bits per heavy atom. The molecule has 1 N–H and O–H groups in total. The van der Waals surface area contributed by atoms with Crippen molar-refractivity contribution in [1.29, 1.82) is 0 Å². The molecule has 0 atom stereocenters. The second-order valence-corrected chi connectivity index (χ2v) is 4.04. The highest BCUT2D eigenvalue weighted by Crippen LogP contribution is 2.16. The first-order chi connectivity index (χ1) is 8.83. The molecule has 0 aliphatic carbocycles. The number of aldehydes is 1. The van der Waals surface area contributed by atoms with Crippen molar-refractivity contribution in [1.82, 2.24) is 15.0 Å². The lowest BCUT2D eigenvalue weighted by Gasteiger charge is -1.98. The van der Waals surface area contributed by atoms with Gasteiger partial charge in [0.25, 0.3) is 0 Å². The van der Waals surface area contributed by atoms with Gasteiger partial charge in [-0.3, -0.25) is 9.48 Å². The van der Waals surface area contributed by atoms with Gasteiger partial charge in [-0.25, -0.2) is 0 Å². The first-order valence-corrected chi connectivity index (χ1v) is 5.90. The van der Waals surface area contributed by atoms with E-state index in [0.717, 1.165) is 36.9 Å². The van der Waals surface area contributed by atoms with Gasteiger partial charge in [0.15, 0.2) is 0 Å². The van der Waals surface area contributed by atoms with Gasteiger partial charge in [0.1, 0.15) is 12.0 Å². The van der Waals surface area contributed by atoms with Gasteiger partial charge in [0, 0.05) is 24.3 Å². The van der Waals surface area contributed by atoms with E-state index in [4.69, 9.17) is 5.11 Å². The summed E-state index contributed by atoms with van der Waals surface area (Å²) in [5.41, 5.74) is 2.26. The molecule has 0 spiro atoms. The summed E-state index contributed by atoms with van der Waals surface area (Å²) in [6.07, 6.45) is 4.29. The van der Waals surface area contributed by atoms with Crippen LogP contribution < -0.4 is 0 Å². The maximum atomic E-state index is 10.7. The van der Waals surface area contributed by atoms with Crippen molar-refractivity contribution >= 4 is 6.29 Å². The van der Waals surface area contributed by atoms with Crippen LogP contribution in [0.5, 0.6) is 0 Å². The normalized spacial score (nSPS) is 10.5. The molecule has 1 aromatic carbocycles. The van der Waals surface area contributed by atoms with Gasteiger partial charge in [-0.15, -0.1) is 5.10 Å². The van der Waals surface area contributed by atoms with E-state index in [1.807, 2.05) is 18.3 Å². The van der Waals surface area contributed by atoms with Gasteiger partial charge in [0.05, 0.1) is 6.20 Å². The average Bonchev–Trinajstić information content (AvgIpc) is 2.88. The lowest BCUT2D eigenvalue weighted by molar-refractivity contribution is 0.112. The van der Waals surface area contributed by atoms with Crippen molar-refractivity contribution < 1.29 is 9.90 Å². The van der Waals surface area contributed by atoms with Crippen molar-refractivity contribution in [3.8, 4) is 11.3 Å². The molecule has 0 amide bonds. The van der Waals surface area contributed by atoms with Gasteiger partial charge in [-0.1, -0.05) is 23.4 Å². The number of aliphatic hydroxyl groups excluding tert-OH is 1. The van der Waals surface area contributed by atoms with Crippen LogP contribution in [0.2, 0.25) is 0 Å². The highest BCUT2D eigenvalue weighted by molar-refractivity contribution is 5.77. The van der Waals surface area contributed by atoms with Crippen LogP contribution in [-0.2, 0) is 6.54 Å². The standard InChI is InChI=1S/C13H15N3O2/c17-7-2-1-6-16-9-13(14-15-16)12-5-3-4-11(8-12)10-18/h3-5,8-10,17H,1-2,6-7H2. The Kier molecular flexibility index (Phi) is 4.20. The first kappa shape index (κ1) is 12.4. The maximum absolute atomic E-state index is 10.7. The Morgan fingerprint density at radius 3 is 3.00 bits per heavy atom. The molecule has 0 unspecified atom stereocenters. The molecule has 0 radical (unpaired) electrons. The number of rotatable bonds is 6. The van der Waals surface area contributed by atoms with E-state index in [1.165, 1.54) is 0 Å². The predicted octanol–water partition coefficient (Wildman–Crippen LogP) is 1.53. The third kappa shape index (κ3) is 3.01. The largest absolute Gasteiger partial charge is 0.396 e. The molecule has 0 fully saturated rings. The molecule has 2 aromatic rings. The second-order valence-electron chi connectivity index (χ2n) is 4.04. The van der Waals surface area contributed by atoms with Crippen molar-refractivity contribution in [2.24, 2.45) is 0 Å². The summed E-state index contributed by atoms with van der Waals surface area (Å²) >= 11 is 0. The van der Waals surface area contributed by atoms with E-state index in [-0.39, 0.29) is 6.61 Å². The fraction of sp³-hybridized carbons (Fsp3) is 0.308. The van der Waals surface area contributed by atoms with E-state index >= 15 is 0 Å². The van der Waals surface area contributed by atoms with Crippen molar-refractivity contribution in [3.05, 3.63) is 36.0 Å². The van der Waals surface area contributed by atoms with Crippen LogP contribution in [0.15, 0.2) is 30.5 Å². The zero-order chi connectivity index (χ0) is 12.8. The summed E-state index contributed by atoms with van der Waals surface area (Å²) in [5.74, 6) is 0. The Hall–Kier alpha value is -2.01. The molecule has 5 heteroatoms. The third-order valence-electron chi connectivity index (χ3n) is 2.65. The molecule has 1 heterocycles. The van der Waals surface area contributed by atoms with Gasteiger partial charge >= 0.3 is 0 Å². The minimum absolute atomic E-state index is 0.197. The molecular formula is C13H15N3O2. The Morgan fingerprint density at radius 2 is 2.22 bits per heavy atom. The van der Waals surface area contributed by atoms with Crippen molar-refractivity contribution in [3.63, 3.8) is 0 Å². The molecular weight excluding hydrogens is 230 g/mol. The minimum Gasteiger partial charge on any atom is -0.396 e. The fourth-order valence-corrected chi connectivity index (χ4v) is 1.70. The molecule has 18 heavy (non-hydrogen) atoms. The molecule has 0 saturated heterocycles. The highest BCUT2D eigenvalue weighted by Gasteiger charge is 2.04. The van der Waals surface area contributed by atoms with Crippen LogP contribution in [-0.4, -0.2) is 33.0 Å². The summed E-state index contributed by atoms with van der Waals surface area (Å²) in [6.45, 7) is 0.934. The number of carbonyl (C=O) groups excluding carboxylic acids is 1. The number of aromatic nitrogens is 3. The smallest absolute Gasteiger partial charge is 0.150 e. The van der Waals surface area contributed by atoms with Gasteiger partial charge in [0.2, 0.25) is 0 Å². The quantitative estimate of drug-likeness (QED) is 0.619. The zero-order valence-corrected chi connectivity index (χ0v) is 9.99. The molecule has 2 rings (SSSR count).